The van der Waals surface area contributed by atoms with Crippen molar-refractivity contribution in [3.05, 3.63) is 35.4 Å². The Labute approximate surface area is 185 Å². The number of sulfone groups is 1. The number of carboxylic acid groups (broad SMARTS) is 1. The highest BCUT2D eigenvalue weighted by Crippen LogP contribution is 2.35. The van der Waals surface area contributed by atoms with Crippen molar-refractivity contribution < 1.29 is 33.0 Å². The first kappa shape index (κ1) is 27.1. The lowest BCUT2D eigenvalue weighted by Gasteiger charge is -2.29. The van der Waals surface area contributed by atoms with E-state index in [1.807, 2.05) is 32.9 Å². The fourth-order valence-corrected chi connectivity index (χ4v) is 5.57. The highest BCUT2D eigenvalue weighted by atomic mass is 32.2. The van der Waals surface area contributed by atoms with Crippen LogP contribution in [-0.2, 0) is 29.6 Å². The normalized spacial score (nSPS) is 15.2. The van der Waals surface area contributed by atoms with E-state index in [1.54, 1.807) is 19.1 Å². The lowest BCUT2D eigenvalue weighted by atomic mass is 9.75. The summed E-state index contributed by atoms with van der Waals surface area (Å²) in [7, 11) is -2.02. The van der Waals surface area contributed by atoms with E-state index >= 15 is 0 Å². The minimum Gasteiger partial charge on any atom is -0.481 e. The molecule has 0 aliphatic carbocycles. The Kier molecular flexibility index (Phi) is 9.69. The van der Waals surface area contributed by atoms with Gasteiger partial charge in [-0.15, -0.1) is 0 Å². The minimum atomic E-state index is -3.36. The summed E-state index contributed by atoms with van der Waals surface area (Å²) < 4.78 is 28.8. The molecule has 0 amide bonds. The van der Waals surface area contributed by atoms with Crippen molar-refractivity contribution >= 4 is 21.8 Å². The minimum absolute atomic E-state index is 0.0507. The lowest BCUT2D eigenvalue weighted by Crippen LogP contribution is -2.33. The summed E-state index contributed by atoms with van der Waals surface area (Å²) in [4.78, 5) is 23.8. The van der Waals surface area contributed by atoms with Crippen LogP contribution in [0.5, 0.6) is 0 Å². The van der Waals surface area contributed by atoms with Gasteiger partial charge in [-0.2, -0.15) is 0 Å². The van der Waals surface area contributed by atoms with Crippen molar-refractivity contribution in [2.24, 2.45) is 5.41 Å². The number of carbonyl (C=O) groups is 2. The number of carbonyl (C=O) groups excluding carboxylic acids is 1. The van der Waals surface area contributed by atoms with Gasteiger partial charge in [0.1, 0.15) is 0 Å². The molecule has 0 saturated carbocycles. The Morgan fingerprint density at radius 1 is 1.16 bits per heavy atom. The van der Waals surface area contributed by atoms with Crippen LogP contribution >= 0.6 is 0 Å². The fourth-order valence-electron chi connectivity index (χ4n) is 3.81. The third kappa shape index (κ3) is 8.26. The third-order valence-electron chi connectivity index (χ3n) is 5.81. The average molecular weight is 457 g/mol. The molecule has 0 bridgehead atoms. The van der Waals surface area contributed by atoms with Crippen molar-refractivity contribution in [3.8, 4) is 0 Å². The maximum Gasteiger partial charge on any atom is 0.313 e. The summed E-state index contributed by atoms with van der Waals surface area (Å²) in [5.41, 5.74) is -0.142. The number of rotatable bonds is 13. The van der Waals surface area contributed by atoms with Crippen molar-refractivity contribution in [3.63, 3.8) is 0 Å². The van der Waals surface area contributed by atoms with E-state index in [1.165, 1.54) is 7.11 Å². The van der Waals surface area contributed by atoms with Crippen molar-refractivity contribution in [1.82, 2.24) is 0 Å². The SMILES string of the molecule is COC(=O)CC(C)c1cccc([C@@](C)(CCCC(C)(C)CS(=O)(=O)CCO)C(=O)O)c1. The molecule has 0 aliphatic heterocycles. The summed E-state index contributed by atoms with van der Waals surface area (Å²) in [6.45, 7) is 6.85. The van der Waals surface area contributed by atoms with Crippen LogP contribution in [0.1, 0.15) is 70.4 Å². The highest BCUT2D eigenvalue weighted by Gasteiger charge is 2.36. The Hall–Kier alpha value is -1.93. The van der Waals surface area contributed by atoms with E-state index < -0.39 is 33.2 Å². The smallest absolute Gasteiger partial charge is 0.313 e. The van der Waals surface area contributed by atoms with Crippen LogP contribution in [0.4, 0.5) is 0 Å². The van der Waals surface area contributed by atoms with Crippen LogP contribution in [0, 0.1) is 5.41 Å². The molecule has 2 atom stereocenters. The molecule has 2 N–H and O–H groups in total. The largest absolute Gasteiger partial charge is 0.481 e. The van der Waals surface area contributed by atoms with Gasteiger partial charge in [0.2, 0.25) is 0 Å². The van der Waals surface area contributed by atoms with E-state index in [9.17, 15) is 23.1 Å². The van der Waals surface area contributed by atoms with Crippen molar-refractivity contribution in [2.45, 2.75) is 64.7 Å². The van der Waals surface area contributed by atoms with Crippen LogP contribution in [0.15, 0.2) is 24.3 Å². The number of aliphatic carboxylic acids is 1. The molecule has 0 radical (unpaired) electrons. The molecular formula is C23H36O7S. The predicted octanol–water partition coefficient (Wildman–Crippen LogP) is 3.30. The Balaban J connectivity index is 2.96. The summed E-state index contributed by atoms with van der Waals surface area (Å²) in [6.07, 6.45) is 1.63. The quantitative estimate of drug-likeness (QED) is 0.437. The molecule has 1 aromatic rings. The van der Waals surface area contributed by atoms with Gasteiger partial charge in [-0.3, -0.25) is 9.59 Å². The van der Waals surface area contributed by atoms with Gasteiger partial charge >= 0.3 is 11.9 Å². The summed E-state index contributed by atoms with van der Waals surface area (Å²) >= 11 is 0. The van der Waals surface area contributed by atoms with Gasteiger partial charge in [-0.05, 0) is 42.2 Å². The Morgan fingerprint density at radius 2 is 1.81 bits per heavy atom. The second-order valence-electron chi connectivity index (χ2n) is 9.28. The summed E-state index contributed by atoms with van der Waals surface area (Å²) in [5, 5.41) is 18.9. The molecular weight excluding hydrogens is 420 g/mol. The van der Waals surface area contributed by atoms with Crippen LogP contribution in [0.25, 0.3) is 0 Å². The second kappa shape index (κ2) is 11.1. The van der Waals surface area contributed by atoms with Crippen LogP contribution < -0.4 is 0 Å². The maximum absolute atomic E-state index is 12.2. The van der Waals surface area contributed by atoms with E-state index in [-0.39, 0.29) is 29.8 Å². The number of hydrogen-bond acceptors (Lipinski definition) is 6. The van der Waals surface area contributed by atoms with E-state index in [0.717, 1.165) is 5.56 Å². The number of methoxy groups -OCH3 is 1. The molecule has 176 valence electrons. The van der Waals surface area contributed by atoms with Gasteiger partial charge in [0.15, 0.2) is 9.84 Å². The van der Waals surface area contributed by atoms with E-state index in [0.29, 0.717) is 24.8 Å². The molecule has 1 unspecified atom stereocenters. The number of benzene rings is 1. The molecule has 0 aromatic heterocycles. The molecule has 0 aliphatic rings. The third-order valence-corrected chi connectivity index (χ3v) is 7.83. The Morgan fingerprint density at radius 3 is 2.35 bits per heavy atom. The molecule has 0 spiro atoms. The van der Waals surface area contributed by atoms with Crippen LogP contribution in [-0.4, -0.2) is 55.8 Å². The molecule has 0 saturated heterocycles. The summed E-state index contributed by atoms with van der Waals surface area (Å²) in [6, 6.07) is 7.28. The standard InChI is InChI=1S/C23H36O7S/c1-17(14-20(25)30-5)18-8-6-9-19(15-18)23(4,21(26)27)11-7-10-22(2,3)16-31(28,29)13-12-24/h6,8-9,15,17,24H,7,10-14,16H2,1-5H3,(H,26,27)/t17?,23-/m1/s1. The number of aliphatic hydroxyl groups is 1. The molecule has 8 heteroatoms. The second-order valence-corrected chi connectivity index (χ2v) is 11.5. The lowest BCUT2D eigenvalue weighted by molar-refractivity contribution is -0.144. The van der Waals surface area contributed by atoms with Crippen molar-refractivity contribution in [1.29, 1.82) is 0 Å². The number of aliphatic hydroxyl groups excluding tert-OH is 1. The van der Waals surface area contributed by atoms with Gasteiger partial charge in [0, 0.05) is 0 Å². The van der Waals surface area contributed by atoms with Crippen molar-refractivity contribution in [2.75, 3.05) is 25.2 Å². The first-order valence-corrected chi connectivity index (χ1v) is 12.3. The number of esters is 1. The maximum atomic E-state index is 12.2. The summed E-state index contributed by atoms with van der Waals surface area (Å²) in [5.74, 6) is -1.69. The number of hydrogen-bond donors (Lipinski definition) is 2. The van der Waals surface area contributed by atoms with E-state index in [4.69, 9.17) is 9.84 Å². The molecule has 1 aromatic carbocycles. The zero-order chi connectivity index (χ0) is 23.9. The zero-order valence-electron chi connectivity index (χ0n) is 19.2. The van der Waals surface area contributed by atoms with Crippen LogP contribution in [0.2, 0.25) is 0 Å². The molecule has 31 heavy (non-hydrogen) atoms. The molecule has 1 rings (SSSR count). The molecule has 7 nitrogen and oxygen atoms in total. The molecule has 0 fully saturated rings. The monoisotopic (exact) mass is 456 g/mol. The highest BCUT2D eigenvalue weighted by molar-refractivity contribution is 7.91. The van der Waals surface area contributed by atoms with Gasteiger partial charge in [-0.25, -0.2) is 8.42 Å². The van der Waals surface area contributed by atoms with Crippen LogP contribution in [0.3, 0.4) is 0 Å². The first-order valence-electron chi connectivity index (χ1n) is 10.5. The molecule has 0 heterocycles. The van der Waals surface area contributed by atoms with Gasteiger partial charge in [0.25, 0.3) is 0 Å². The topological polar surface area (TPSA) is 118 Å². The van der Waals surface area contributed by atoms with Gasteiger partial charge in [0.05, 0.1) is 37.1 Å². The first-order chi connectivity index (χ1) is 14.3. The number of carboxylic acids is 1. The van der Waals surface area contributed by atoms with Gasteiger partial charge in [-0.1, -0.05) is 51.5 Å². The predicted molar refractivity (Wildman–Crippen MR) is 120 cm³/mol. The number of ether oxygens (including phenoxy) is 1. The van der Waals surface area contributed by atoms with Gasteiger partial charge < -0.3 is 14.9 Å². The average Bonchev–Trinajstić information content (AvgIpc) is 2.66. The van der Waals surface area contributed by atoms with E-state index in [2.05, 4.69) is 0 Å². The Bertz CT molecular complexity index is 860. The fraction of sp³-hybridized carbons (Fsp3) is 0.652. The zero-order valence-corrected chi connectivity index (χ0v) is 20.0.